The van der Waals surface area contributed by atoms with E-state index in [0.717, 1.165) is 13.0 Å². The molecule has 17 heavy (non-hydrogen) atoms. The third kappa shape index (κ3) is 4.02. The van der Waals surface area contributed by atoms with Gasteiger partial charge in [-0.05, 0) is 12.3 Å². The lowest BCUT2D eigenvalue weighted by Gasteiger charge is -2.37. The fourth-order valence-corrected chi connectivity index (χ4v) is 2.12. The number of hydrogen-bond donors (Lipinski definition) is 1. The SMILES string of the molecule is CC(=O)N1CC(C)CC(NC(=O)C(C)(C)C)C1. The molecule has 0 aromatic rings. The van der Waals surface area contributed by atoms with Gasteiger partial charge in [-0.3, -0.25) is 9.59 Å². The molecule has 1 aliphatic rings. The van der Waals surface area contributed by atoms with Crippen molar-refractivity contribution in [2.75, 3.05) is 13.1 Å². The third-order valence-corrected chi connectivity index (χ3v) is 3.12. The Balaban J connectivity index is 2.60. The van der Waals surface area contributed by atoms with Crippen LogP contribution in [0, 0.1) is 11.3 Å². The van der Waals surface area contributed by atoms with Crippen LogP contribution in [0.1, 0.15) is 41.0 Å². The van der Waals surface area contributed by atoms with Gasteiger partial charge in [0, 0.05) is 31.5 Å². The lowest BCUT2D eigenvalue weighted by Crippen LogP contribution is -2.53. The minimum atomic E-state index is -0.373. The number of piperidine rings is 1. The molecule has 0 saturated carbocycles. The molecule has 2 unspecified atom stereocenters. The second-order valence-corrected chi connectivity index (χ2v) is 6.19. The molecule has 0 radical (unpaired) electrons. The largest absolute Gasteiger partial charge is 0.351 e. The van der Waals surface area contributed by atoms with Gasteiger partial charge < -0.3 is 10.2 Å². The highest BCUT2D eigenvalue weighted by Gasteiger charge is 2.30. The molecule has 4 heteroatoms. The predicted molar refractivity (Wildman–Crippen MR) is 67.4 cm³/mol. The fourth-order valence-electron chi connectivity index (χ4n) is 2.12. The topological polar surface area (TPSA) is 49.4 Å². The molecule has 1 aliphatic heterocycles. The van der Waals surface area contributed by atoms with E-state index in [1.165, 1.54) is 0 Å². The minimum absolute atomic E-state index is 0.0557. The minimum Gasteiger partial charge on any atom is -0.351 e. The van der Waals surface area contributed by atoms with Crippen LogP contribution in [0.4, 0.5) is 0 Å². The lowest BCUT2D eigenvalue weighted by molar-refractivity contribution is -0.134. The van der Waals surface area contributed by atoms with Crippen LogP contribution >= 0.6 is 0 Å². The van der Waals surface area contributed by atoms with Gasteiger partial charge in [-0.1, -0.05) is 27.7 Å². The zero-order valence-electron chi connectivity index (χ0n) is 11.5. The van der Waals surface area contributed by atoms with E-state index in [0.29, 0.717) is 12.5 Å². The van der Waals surface area contributed by atoms with Gasteiger partial charge in [0.05, 0.1) is 0 Å². The van der Waals surface area contributed by atoms with E-state index in [4.69, 9.17) is 0 Å². The van der Waals surface area contributed by atoms with Gasteiger partial charge in [0.15, 0.2) is 0 Å². The number of rotatable bonds is 1. The Morgan fingerprint density at radius 2 is 1.82 bits per heavy atom. The predicted octanol–water partition coefficient (Wildman–Crippen LogP) is 1.41. The van der Waals surface area contributed by atoms with E-state index in [9.17, 15) is 9.59 Å². The average molecular weight is 240 g/mol. The number of carbonyl (C=O) groups excluding carboxylic acids is 2. The quantitative estimate of drug-likeness (QED) is 0.753. The Morgan fingerprint density at radius 1 is 1.24 bits per heavy atom. The van der Waals surface area contributed by atoms with Crippen molar-refractivity contribution in [2.45, 2.75) is 47.1 Å². The smallest absolute Gasteiger partial charge is 0.225 e. The van der Waals surface area contributed by atoms with Crippen LogP contribution in [0.2, 0.25) is 0 Å². The highest BCUT2D eigenvalue weighted by atomic mass is 16.2. The number of carbonyl (C=O) groups is 2. The van der Waals surface area contributed by atoms with Crippen molar-refractivity contribution in [3.05, 3.63) is 0 Å². The zero-order chi connectivity index (χ0) is 13.2. The Morgan fingerprint density at radius 3 is 2.29 bits per heavy atom. The van der Waals surface area contributed by atoms with Gasteiger partial charge in [0.2, 0.25) is 11.8 Å². The number of likely N-dealkylation sites (tertiary alicyclic amines) is 1. The molecule has 1 fully saturated rings. The third-order valence-electron chi connectivity index (χ3n) is 3.12. The zero-order valence-corrected chi connectivity index (χ0v) is 11.5. The second kappa shape index (κ2) is 5.07. The molecule has 0 aliphatic carbocycles. The average Bonchev–Trinajstić information content (AvgIpc) is 2.14. The molecular weight excluding hydrogens is 216 g/mol. The summed E-state index contributed by atoms with van der Waals surface area (Å²) in [4.78, 5) is 25.1. The van der Waals surface area contributed by atoms with Gasteiger partial charge in [-0.15, -0.1) is 0 Å². The summed E-state index contributed by atoms with van der Waals surface area (Å²) in [5.74, 6) is 0.588. The number of amides is 2. The molecule has 0 aromatic heterocycles. The van der Waals surface area contributed by atoms with E-state index < -0.39 is 0 Å². The summed E-state index contributed by atoms with van der Waals surface area (Å²) in [5, 5.41) is 3.04. The first-order valence-corrected chi connectivity index (χ1v) is 6.26. The van der Waals surface area contributed by atoms with E-state index >= 15 is 0 Å². The monoisotopic (exact) mass is 240 g/mol. The maximum atomic E-state index is 11.9. The number of nitrogens with one attached hydrogen (secondary N) is 1. The Bertz CT molecular complexity index is 307. The van der Waals surface area contributed by atoms with Gasteiger partial charge in [-0.2, -0.15) is 0 Å². The summed E-state index contributed by atoms with van der Waals surface area (Å²) in [6.45, 7) is 10.8. The lowest BCUT2D eigenvalue weighted by atomic mass is 9.92. The first-order chi connectivity index (χ1) is 7.70. The van der Waals surface area contributed by atoms with Crippen LogP contribution in [0.5, 0.6) is 0 Å². The summed E-state index contributed by atoms with van der Waals surface area (Å²) < 4.78 is 0. The number of nitrogens with zero attached hydrogens (tertiary/aromatic N) is 1. The van der Waals surface area contributed by atoms with Crippen molar-refractivity contribution in [3.63, 3.8) is 0 Å². The van der Waals surface area contributed by atoms with Crippen LogP contribution in [0.15, 0.2) is 0 Å². The van der Waals surface area contributed by atoms with Crippen molar-refractivity contribution in [1.82, 2.24) is 10.2 Å². The van der Waals surface area contributed by atoms with E-state index in [2.05, 4.69) is 12.2 Å². The van der Waals surface area contributed by atoms with Crippen LogP contribution in [-0.2, 0) is 9.59 Å². The molecule has 2 atom stereocenters. The van der Waals surface area contributed by atoms with E-state index in [-0.39, 0.29) is 23.3 Å². The maximum absolute atomic E-state index is 11.9. The first kappa shape index (κ1) is 14.0. The van der Waals surface area contributed by atoms with E-state index in [1.54, 1.807) is 6.92 Å². The highest BCUT2D eigenvalue weighted by molar-refractivity contribution is 5.81. The van der Waals surface area contributed by atoms with Crippen molar-refractivity contribution >= 4 is 11.8 Å². The van der Waals surface area contributed by atoms with Gasteiger partial charge in [-0.25, -0.2) is 0 Å². The molecule has 1 rings (SSSR count). The maximum Gasteiger partial charge on any atom is 0.225 e. The van der Waals surface area contributed by atoms with Gasteiger partial charge >= 0.3 is 0 Å². The van der Waals surface area contributed by atoms with Gasteiger partial charge in [0.1, 0.15) is 0 Å². The molecule has 1 heterocycles. The standard InChI is InChI=1S/C13H24N2O2/c1-9-6-11(8-15(7-9)10(2)16)14-12(17)13(3,4)5/h9,11H,6-8H2,1-5H3,(H,14,17). The first-order valence-electron chi connectivity index (χ1n) is 6.26. The summed E-state index contributed by atoms with van der Waals surface area (Å²) in [6, 6.07) is 0.0920. The molecule has 0 bridgehead atoms. The normalized spacial score (nSPS) is 25.6. The highest BCUT2D eigenvalue weighted by Crippen LogP contribution is 2.19. The molecule has 0 aromatic carbocycles. The summed E-state index contributed by atoms with van der Waals surface area (Å²) in [5.41, 5.74) is -0.373. The Hall–Kier alpha value is -1.06. The van der Waals surface area contributed by atoms with Crippen molar-refractivity contribution < 1.29 is 9.59 Å². The summed E-state index contributed by atoms with van der Waals surface area (Å²) >= 11 is 0. The molecule has 4 nitrogen and oxygen atoms in total. The van der Waals surface area contributed by atoms with Crippen LogP contribution in [0.25, 0.3) is 0 Å². The van der Waals surface area contributed by atoms with Crippen LogP contribution < -0.4 is 5.32 Å². The molecule has 0 spiro atoms. The van der Waals surface area contributed by atoms with Crippen molar-refractivity contribution in [3.8, 4) is 0 Å². The second-order valence-electron chi connectivity index (χ2n) is 6.19. The molecule has 1 N–H and O–H groups in total. The number of hydrogen-bond acceptors (Lipinski definition) is 2. The summed E-state index contributed by atoms with van der Waals surface area (Å²) in [7, 11) is 0. The Kier molecular flexibility index (Phi) is 4.17. The van der Waals surface area contributed by atoms with Crippen molar-refractivity contribution in [1.29, 1.82) is 0 Å². The molecular formula is C13H24N2O2. The Labute approximate surface area is 104 Å². The molecule has 1 saturated heterocycles. The van der Waals surface area contributed by atoms with E-state index in [1.807, 2.05) is 25.7 Å². The molecule has 2 amide bonds. The summed E-state index contributed by atoms with van der Waals surface area (Å²) in [6.07, 6.45) is 0.950. The van der Waals surface area contributed by atoms with Crippen molar-refractivity contribution in [2.24, 2.45) is 11.3 Å². The van der Waals surface area contributed by atoms with Crippen LogP contribution in [-0.4, -0.2) is 35.8 Å². The molecule has 98 valence electrons. The van der Waals surface area contributed by atoms with Gasteiger partial charge in [0.25, 0.3) is 0 Å². The fraction of sp³-hybridized carbons (Fsp3) is 0.846. The van der Waals surface area contributed by atoms with Crippen LogP contribution in [0.3, 0.4) is 0 Å².